The highest BCUT2D eigenvalue weighted by Crippen LogP contribution is 2.28. The van der Waals surface area contributed by atoms with E-state index in [0.29, 0.717) is 6.61 Å². The van der Waals surface area contributed by atoms with Crippen molar-refractivity contribution in [3.05, 3.63) is 83.9 Å². The highest BCUT2D eigenvalue weighted by molar-refractivity contribution is 5.73. The van der Waals surface area contributed by atoms with Crippen molar-refractivity contribution in [1.29, 1.82) is 0 Å². The molecule has 0 bridgehead atoms. The Morgan fingerprint density at radius 2 is 1.57 bits per heavy atom. The van der Waals surface area contributed by atoms with Gasteiger partial charge in [0.25, 0.3) is 0 Å². The van der Waals surface area contributed by atoms with E-state index in [4.69, 9.17) is 9.47 Å². The lowest BCUT2D eigenvalue weighted by atomic mass is 9.95. The largest absolute Gasteiger partial charge is 0.492 e. The van der Waals surface area contributed by atoms with Gasteiger partial charge in [0.2, 0.25) is 5.91 Å². The maximum Gasteiger partial charge on any atom is 0.217 e. The number of amides is 1. The summed E-state index contributed by atoms with van der Waals surface area (Å²) in [5.41, 5.74) is 4.92. The number of likely N-dealkylation sites (tertiary alicyclic amines) is 1. The molecule has 1 unspecified atom stereocenters. The lowest BCUT2D eigenvalue weighted by molar-refractivity contribution is -0.119. The van der Waals surface area contributed by atoms with E-state index in [1.165, 1.54) is 49.5 Å². The highest BCUT2D eigenvalue weighted by Gasteiger charge is 2.11. The molecule has 0 saturated carbocycles. The molecule has 5 nitrogen and oxygen atoms in total. The first kappa shape index (κ1) is 24.8. The molecule has 3 aromatic rings. The Balaban J connectivity index is 1.34. The van der Waals surface area contributed by atoms with E-state index in [0.717, 1.165) is 36.6 Å². The summed E-state index contributed by atoms with van der Waals surface area (Å²) in [4.78, 5) is 13.6. The second kappa shape index (κ2) is 12.4. The number of carbonyl (C=O) groups is 1. The Kier molecular flexibility index (Phi) is 8.79. The maximum atomic E-state index is 11.2. The Hall–Kier alpha value is -3.31. The fourth-order valence-electron chi connectivity index (χ4n) is 4.52. The number of hydrogen-bond donors (Lipinski definition) is 1. The average molecular weight is 473 g/mol. The van der Waals surface area contributed by atoms with Crippen LogP contribution in [-0.4, -0.2) is 49.7 Å². The number of nitrogens with one attached hydrogen (secondary N) is 1. The average Bonchev–Trinajstić information content (AvgIpc) is 3.38. The Morgan fingerprint density at radius 1 is 0.914 bits per heavy atom. The molecule has 1 aliphatic rings. The Morgan fingerprint density at radius 3 is 2.29 bits per heavy atom. The van der Waals surface area contributed by atoms with E-state index in [1.54, 1.807) is 0 Å². The van der Waals surface area contributed by atoms with Gasteiger partial charge >= 0.3 is 0 Å². The summed E-state index contributed by atoms with van der Waals surface area (Å²) in [5.74, 6) is 1.68. The quantitative estimate of drug-likeness (QED) is 0.410. The van der Waals surface area contributed by atoms with Gasteiger partial charge in [0.1, 0.15) is 24.7 Å². The number of nitrogens with zero attached hydrogens (tertiary/aromatic N) is 1. The summed E-state index contributed by atoms with van der Waals surface area (Å²) >= 11 is 0. The molecule has 1 saturated heterocycles. The van der Waals surface area contributed by atoms with E-state index < -0.39 is 0 Å². The summed E-state index contributed by atoms with van der Waals surface area (Å²) in [7, 11) is 0. The lowest BCUT2D eigenvalue weighted by Crippen LogP contribution is -2.35. The van der Waals surface area contributed by atoms with Crippen molar-refractivity contribution >= 4 is 5.91 Å². The predicted octanol–water partition coefficient (Wildman–Crippen LogP) is 5.32. The molecule has 4 rings (SSSR count). The van der Waals surface area contributed by atoms with Crippen molar-refractivity contribution in [2.75, 3.05) is 32.8 Å². The molecular weight excluding hydrogens is 436 g/mol. The number of benzene rings is 3. The topological polar surface area (TPSA) is 50.8 Å². The summed E-state index contributed by atoms with van der Waals surface area (Å²) in [5, 5.41) is 2.83. The minimum atomic E-state index is -0.0484. The maximum absolute atomic E-state index is 11.2. The molecule has 3 aromatic carbocycles. The monoisotopic (exact) mass is 472 g/mol. The van der Waals surface area contributed by atoms with Gasteiger partial charge in [-0.15, -0.1) is 0 Å². The van der Waals surface area contributed by atoms with Gasteiger partial charge in [0, 0.05) is 13.5 Å². The third-order valence-corrected chi connectivity index (χ3v) is 6.33. The second-order valence-corrected chi connectivity index (χ2v) is 9.31. The van der Waals surface area contributed by atoms with E-state index in [1.807, 2.05) is 19.1 Å². The van der Waals surface area contributed by atoms with Crippen LogP contribution in [0.25, 0.3) is 11.1 Å². The van der Waals surface area contributed by atoms with Crippen LogP contribution in [0.5, 0.6) is 11.5 Å². The van der Waals surface area contributed by atoms with Crippen molar-refractivity contribution in [3.8, 4) is 22.6 Å². The van der Waals surface area contributed by atoms with Crippen molar-refractivity contribution in [2.24, 2.45) is 0 Å². The molecule has 5 heteroatoms. The van der Waals surface area contributed by atoms with Crippen LogP contribution in [0, 0.1) is 0 Å². The SMILES string of the molecule is CC(=O)NC(C)COc1ccc(-c2ccccc2Cc2ccc(OCCN3CCCC3)cc2)cc1. The molecule has 1 aliphatic heterocycles. The van der Waals surface area contributed by atoms with E-state index in [9.17, 15) is 4.79 Å². The van der Waals surface area contributed by atoms with Crippen LogP contribution in [0.4, 0.5) is 0 Å². The van der Waals surface area contributed by atoms with Crippen molar-refractivity contribution < 1.29 is 14.3 Å². The minimum absolute atomic E-state index is 0.0326. The number of carbonyl (C=O) groups excluding carboxylic acids is 1. The van der Waals surface area contributed by atoms with Crippen LogP contribution >= 0.6 is 0 Å². The summed E-state index contributed by atoms with van der Waals surface area (Å²) in [6.07, 6.45) is 3.48. The Labute approximate surface area is 209 Å². The highest BCUT2D eigenvalue weighted by atomic mass is 16.5. The Bertz CT molecular complexity index is 1070. The molecule has 0 spiro atoms. The van der Waals surface area contributed by atoms with Crippen LogP contribution < -0.4 is 14.8 Å². The normalized spacial score (nSPS) is 14.5. The molecule has 0 radical (unpaired) electrons. The molecule has 1 heterocycles. The van der Waals surface area contributed by atoms with Gasteiger partial charge in [0.15, 0.2) is 0 Å². The molecule has 1 atom stereocenters. The molecule has 1 fully saturated rings. The summed E-state index contributed by atoms with van der Waals surface area (Å²) in [6, 6.07) is 25.1. The van der Waals surface area contributed by atoms with Crippen molar-refractivity contribution in [1.82, 2.24) is 10.2 Å². The van der Waals surface area contributed by atoms with E-state index in [2.05, 4.69) is 70.9 Å². The van der Waals surface area contributed by atoms with Gasteiger partial charge in [0.05, 0.1) is 6.04 Å². The van der Waals surface area contributed by atoms with Crippen LogP contribution in [0.3, 0.4) is 0 Å². The zero-order valence-electron chi connectivity index (χ0n) is 20.8. The lowest BCUT2D eigenvalue weighted by Gasteiger charge is -2.15. The van der Waals surface area contributed by atoms with Gasteiger partial charge in [-0.3, -0.25) is 9.69 Å². The van der Waals surface area contributed by atoms with Crippen LogP contribution in [0.2, 0.25) is 0 Å². The molecular formula is C30H36N2O3. The summed E-state index contributed by atoms with van der Waals surface area (Å²) in [6.45, 7) is 8.04. The molecule has 0 aromatic heterocycles. The third-order valence-electron chi connectivity index (χ3n) is 6.33. The first-order valence-electron chi connectivity index (χ1n) is 12.6. The first-order valence-corrected chi connectivity index (χ1v) is 12.6. The molecule has 35 heavy (non-hydrogen) atoms. The number of rotatable bonds is 11. The molecule has 1 N–H and O–H groups in total. The number of hydrogen-bond acceptors (Lipinski definition) is 4. The van der Waals surface area contributed by atoms with E-state index in [-0.39, 0.29) is 11.9 Å². The predicted molar refractivity (Wildman–Crippen MR) is 141 cm³/mol. The number of ether oxygens (including phenoxy) is 2. The van der Waals surface area contributed by atoms with Gasteiger partial charge in [-0.05, 0) is 85.8 Å². The molecule has 184 valence electrons. The molecule has 0 aliphatic carbocycles. The van der Waals surface area contributed by atoms with Crippen molar-refractivity contribution in [2.45, 2.75) is 39.2 Å². The first-order chi connectivity index (χ1) is 17.1. The van der Waals surface area contributed by atoms with E-state index >= 15 is 0 Å². The molecule has 1 amide bonds. The minimum Gasteiger partial charge on any atom is -0.492 e. The third kappa shape index (κ3) is 7.59. The standard InChI is InChI=1S/C30H36N2O3/c1-23(31-24(2)33)22-35-29-15-11-26(12-16-29)30-8-4-3-7-27(30)21-25-9-13-28(14-10-25)34-20-19-32-17-5-6-18-32/h3-4,7-16,23H,5-6,17-22H2,1-2H3,(H,31,33). The smallest absolute Gasteiger partial charge is 0.217 e. The van der Waals surface area contributed by atoms with Crippen LogP contribution in [0.15, 0.2) is 72.8 Å². The van der Waals surface area contributed by atoms with Crippen molar-refractivity contribution in [3.63, 3.8) is 0 Å². The van der Waals surface area contributed by atoms with Gasteiger partial charge in [-0.25, -0.2) is 0 Å². The van der Waals surface area contributed by atoms with Crippen LogP contribution in [-0.2, 0) is 11.2 Å². The van der Waals surface area contributed by atoms with Crippen LogP contribution in [0.1, 0.15) is 37.8 Å². The van der Waals surface area contributed by atoms with Gasteiger partial charge in [-0.2, -0.15) is 0 Å². The second-order valence-electron chi connectivity index (χ2n) is 9.31. The zero-order valence-corrected chi connectivity index (χ0v) is 20.8. The van der Waals surface area contributed by atoms with Gasteiger partial charge in [-0.1, -0.05) is 48.5 Å². The zero-order chi connectivity index (χ0) is 24.5. The fraction of sp³-hybridized carbons (Fsp3) is 0.367. The van der Waals surface area contributed by atoms with Gasteiger partial charge < -0.3 is 14.8 Å². The fourth-order valence-corrected chi connectivity index (χ4v) is 4.52. The summed E-state index contributed by atoms with van der Waals surface area (Å²) < 4.78 is 11.8.